The zero-order valence-corrected chi connectivity index (χ0v) is 18.0. The van der Waals surface area contributed by atoms with Crippen LogP contribution in [0.3, 0.4) is 0 Å². The number of rotatable bonds is 2. The molecule has 0 aromatic heterocycles. The van der Waals surface area contributed by atoms with Gasteiger partial charge in [0.15, 0.2) is 0 Å². The molecule has 1 saturated heterocycles. The lowest BCUT2D eigenvalue weighted by Gasteiger charge is -2.59. The highest BCUT2D eigenvalue weighted by atomic mass is 79.9. The van der Waals surface area contributed by atoms with Gasteiger partial charge in [0.1, 0.15) is 18.0 Å². The van der Waals surface area contributed by atoms with Crippen molar-refractivity contribution in [2.24, 2.45) is 5.92 Å². The molecule has 1 aromatic rings. The summed E-state index contributed by atoms with van der Waals surface area (Å²) in [6, 6.07) is 2.11. The van der Waals surface area contributed by atoms with Crippen molar-refractivity contribution in [3.8, 4) is 5.75 Å². The summed E-state index contributed by atoms with van der Waals surface area (Å²) in [7, 11) is 1.64. The number of hydrogen-bond donors (Lipinski definition) is 1. The van der Waals surface area contributed by atoms with Gasteiger partial charge in [0.25, 0.3) is 0 Å². The van der Waals surface area contributed by atoms with Gasteiger partial charge in [-0.15, -0.1) is 0 Å². The molecular weight excluding hydrogens is 426 g/mol. The van der Waals surface area contributed by atoms with Crippen LogP contribution in [0.15, 0.2) is 10.5 Å². The lowest BCUT2D eigenvalue weighted by molar-refractivity contribution is -0.159. The van der Waals surface area contributed by atoms with Gasteiger partial charge in [-0.1, -0.05) is 15.9 Å². The first-order valence-electron chi connectivity index (χ1n) is 10.1. The fourth-order valence-electron chi connectivity index (χ4n) is 6.35. The van der Waals surface area contributed by atoms with Crippen LogP contribution in [0.5, 0.6) is 5.75 Å². The molecule has 2 heterocycles. The number of methoxy groups -OCH3 is 1. The maximum absolute atomic E-state index is 12.7. The quantitative estimate of drug-likeness (QED) is 0.748. The summed E-state index contributed by atoms with van der Waals surface area (Å²) in [6.45, 7) is 4.88. The van der Waals surface area contributed by atoms with Gasteiger partial charge in [-0.2, -0.15) is 0 Å². The van der Waals surface area contributed by atoms with Gasteiger partial charge < -0.3 is 24.2 Å². The van der Waals surface area contributed by atoms with Gasteiger partial charge in [0.05, 0.1) is 12.7 Å². The number of carbonyl (C=O) groups excluding carboxylic acids is 1. The Morgan fingerprint density at radius 1 is 1.50 bits per heavy atom. The van der Waals surface area contributed by atoms with E-state index < -0.39 is 6.10 Å². The zero-order valence-electron chi connectivity index (χ0n) is 16.4. The Bertz CT molecular complexity index is 845. The Hall–Kier alpha value is -1.31. The highest BCUT2D eigenvalue weighted by molar-refractivity contribution is 9.10. The first kappa shape index (κ1) is 18.7. The van der Waals surface area contributed by atoms with Gasteiger partial charge in [0.2, 0.25) is 0 Å². The highest BCUT2D eigenvalue weighted by Gasteiger charge is 2.68. The molecular formula is C21H26BrNO5. The van der Waals surface area contributed by atoms with Crippen LogP contribution in [0.25, 0.3) is 0 Å². The molecule has 5 rings (SSSR count). The molecule has 2 fully saturated rings. The third-order valence-corrected chi connectivity index (χ3v) is 8.13. The molecule has 1 saturated carbocycles. The van der Waals surface area contributed by atoms with Gasteiger partial charge in [-0.25, -0.2) is 4.79 Å². The smallest absolute Gasteiger partial charge is 0.410 e. The number of aryl methyl sites for hydroxylation is 1. The molecule has 1 N–H and O–H groups in total. The minimum atomic E-state index is -0.687. The van der Waals surface area contributed by atoms with E-state index in [1.54, 1.807) is 7.11 Å². The van der Waals surface area contributed by atoms with Crippen LogP contribution >= 0.6 is 15.9 Å². The number of carbonyl (C=O) groups is 1. The molecule has 1 spiro atoms. The van der Waals surface area contributed by atoms with E-state index in [0.29, 0.717) is 19.6 Å². The Labute approximate surface area is 173 Å². The fourth-order valence-corrected chi connectivity index (χ4v) is 7.06. The van der Waals surface area contributed by atoms with Crippen molar-refractivity contribution >= 4 is 22.0 Å². The average molecular weight is 452 g/mol. The Morgan fingerprint density at radius 2 is 2.29 bits per heavy atom. The number of aliphatic hydroxyl groups is 1. The van der Waals surface area contributed by atoms with Crippen LogP contribution in [-0.2, 0) is 21.3 Å². The van der Waals surface area contributed by atoms with Crippen molar-refractivity contribution in [3.05, 3.63) is 27.2 Å². The Balaban J connectivity index is 1.70. The minimum Gasteiger partial charge on any atom is -0.486 e. The molecule has 2 aliphatic carbocycles. The van der Waals surface area contributed by atoms with Crippen molar-refractivity contribution in [3.63, 3.8) is 0 Å². The second-order valence-electron chi connectivity index (χ2n) is 8.46. The standard InChI is InChI=1S/C21H26BrNO5/c1-4-27-20(25)23-6-5-21-12-9-15(26-3)17(24)19(21)28-18-10(2)7-13(22)11(16(18)21)8-14(12)23/h7,12,14-15,17,19,24H,4-6,8-9H2,1-3H3/t12-,14+,15+,17?,19-,21-/m0/s1. The van der Waals surface area contributed by atoms with Crippen LogP contribution in [0, 0.1) is 12.8 Å². The third-order valence-electron chi connectivity index (χ3n) is 7.43. The predicted octanol–water partition coefficient (Wildman–Crippen LogP) is 2.94. The molecule has 6 nitrogen and oxygen atoms in total. The SMILES string of the molecule is CCOC(=O)N1CC[C@]23c4c5c(Br)cc(C)c4O[C@H]2C(O)[C@H](OC)C[C@H]3[C@H]1C5. The molecule has 2 aliphatic heterocycles. The minimum absolute atomic E-state index is 0.0153. The molecule has 6 atom stereocenters. The predicted molar refractivity (Wildman–Crippen MR) is 106 cm³/mol. The van der Waals surface area contributed by atoms with Crippen LogP contribution in [-0.4, -0.2) is 60.7 Å². The number of halogens is 1. The number of ether oxygens (including phenoxy) is 3. The molecule has 2 bridgehead atoms. The number of amides is 1. The van der Waals surface area contributed by atoms with Gasteiger partial charge in [-0.3, -0.25) is 0 Å². The highest BCUT2D eigenvalue weighted by Crippen LogP contribution is 2.63. The maximum atomic E-state index is 12.7. The Morgan fingerprint density at radius 3 is 3.00 bits per heavy atom. The largest absolute Gasteiger partial charge is 0.486 e. The van der Waals surface area contributed by atoms with Crippen LogP contribution in [0.4, 0.5) is 4.79 Å². The van der Waals surface area contributed by atoms with Crippen molar-refractivity contribution in [2.45, 2.75) is 62.9 Å². The molecule has 1 aromatic carbocycles. The number of aliphatic hydroxyl groups excluding tert-OH is 1. The van der Waals surface area contributed by atoms with E-state index >= 15 is 0 Å². The van der Waals surface area contributed by atoms with E-state index in [2.05, 4.69) is 28.9 Å². The van der Waals surface area contributed by atoms with Crippen molar-refractivity contribution in [1.29, 1.82) is 0 Å². The lowest BCUT2D eigenvalue weighted by atomic mass is 9.51. The summed E-state index contributed by atoms with van der Waals surface area (Å²) < 4.78 is 18.5. The number of benzene rings is 1. The molecule has 152 valence electrons. The topological polar surface area (TPSA) is 68.2 Å². The molecule has 0 radical (unpaired) electrons. The fraction of sp³-hybridized carbons (Fsp3) is 0.667. The lowest BCUT2D eigenvalue weighted by Crippen LogP contribution is -2.70. The number of nitrogens with zero attached hydrogens (tertiary/aromatic N) is 1. The van der Waals surface area contributed by atoms with E-state index in [1.807, 2.05) is 11.8 Å². The van der Waals surface area contributed by atoms with Crippen molar-refractivity contribution in [2.75, 3.05) is 20.3 Å². The van der Waals surface area contributed by atoms with Gasteiger partial charge in [0, 0.05) is 35.1 Å². The van der Waals surface area contributed by atoms with Crippen molar-refractivity contribution in [1.82, 2.24) is 4.90 Å². The van der Waals surface area contributed by atoms with E-state index in [4.69, 9.17) is 14.2 Å². The third kappa shape index (κ3) is 2.18. The molecule has 7 heteroatoms. The summed E-state index contributed by atoms with van der Waals surface area (Å²) in [6.07, 6.45) is 0.663. The summed E-state index contributed by atoms with van der Waals surface area (Å²) in [5.74, 6) is 1.10. The monoisotopic (exact) mass is 451 g/mol. The zero-order chi connectivity index (χ0) is 19.8. The normalized spacial score (nSPS) is 37.3. The second kappa shape index (κ2) is 6.34. The van der Waals surface area contributed by atoms with Crippen LogP contribution in [0.1, 0.15) is 36.5 Å². The number of hydrogen-bond acceptors (Lipinski definition) is 5. The molecule has 1 amide bonds. The summed E-state index contributed by atoms with van der Waals surface area (Å²) in [4.78, 5) is 14.6. The van der Waals surface area contributed by atoms with Gasteiger partial charge >= 0.3 is 6.09 Å². The van der Waals surface area contributed by atoms with Crippen LogP contribution < -0.4 is 4.74 Å². The van der Waals surface area contributed by atoms with E-state index in [-0.39, 0.29) is 35.7 Å². The van der Waals surface area contributed by atoms with E-state index in [0.717, 1.165) is 28.6 Å². The van der Waals surface area contributed by atoms with E-state index in [9.17, 15) is 9.90 Å². The summed E-state index contributed by atoms with van der Waals surface area (Å²) >= 11 is 3.76. The first-order valence-corrected chi connectivity index (χ1v) is 10.9. The summed E-state index contributed by atoms with van der Waals surface area (Å²) in [5, 5.41) is 11.1. The van der Waals surface area contributed by atoms with Crippen molar-refractivity contribution < 1.29 is 24.1 Å². The first-order chi connectivity index (χ1) is 13.4. The summed E-state index contributed by atoms with van der Waals surface area (Å²) in [5.41, 5.74) is 3.27. The second-order valence-corrected chi connectivity index (χ2v) is 9.31. The molecule has 28 heavy (non-hydrogen) atoms. The molecule has 1 unspecified atom stereocenters. The average Bonchev–Trinajstić information content (AvgIpc) is 3.00. The maximum Gasteiger partial charge on any atom is 0.410 e. The molecule has 4 aliphatic rings. The number of likely N-dealkylation sites (tertiary alicyclic amines) is 1. The Kier molecular flexibility index (Phi) is 4.24. The van der Waals surface area contributed by atoms with Gasteiger partial charge in [-0.05, 0) is 56.2 Å². The number of piperidine rings is 1. The van der Waals surface area contributed by atoms with Crippen LogP contribution in [0.2, 0.25) is 0 Å². The van der Waals surface area contributed by atoms with E-state index in [1.165, 1.54) is 11.1 Å².